The molecule has 1 rings (SSSR count). The van der Waals surface area contributed by atoms with Gasteiger partial charge in [-0.1, -0.05) is 85.4 Å². The number of halogens is 4. The van der Waals surface area contributed by atoms with Crippen molar-refractivity contribution >= 4 is 58.3 Å². The van der Waals surface area contributed by atoms with E-state index in [0.29, 0.717) is 19.4 Å². The summed E-state index contributed by atoms with van der Waals surface area (Å²) in [4.78, 5) is 23.4. The van der Waals surface area contributed by atoms with Crippen LogP contribution < -0.4 is 4.74 Å². The van der Waals surface area contributed by atoms with E-state index in [9.17, 15) is 9.59 Å². The molecule has 8 heteroatoms. The lowest BCUT2D eigenvalue weighted by Crippen LogP contribution is -2.08. The van der Waals surface area contributed by atoms with E-state index in [-0.39, 0.29) is 38.2 Å². The van der Waals surface area contributed by atoms with Gasteiger partial charge in [0.25, 0.3) is 0 Å². The number of hydrogen-bond donors (Lipinski definition) is 0. The van der Waals surface area contributed by atoms with E-state index in [0.717, 1.165) is 44.9 Å². The van der Waals surface area contributed by atoms with Gasteiger partial charge in [-0.05, 0) is 25.3 Å². The molecule has 28 heavy (non-hydrogen) atoms. The van der Waals surface area contributed by atoms with Crippen molar-refractivity contribution in [3.63, 3.8) is 0 Å². The number of ether oxygens (including phenoxy) is 2. The highest BCUT2D eigenvalue weighted by Gasteiger charge is 2.18. The summed E-state index contributed by atoms with van der Waals surface area (Å²) < 4.78 is 10.3. The van der Waals surface area contributed by atoms with E-state index in [1.807, 2.05) is 0 Å². The minimum absolute atomic E-state index is 0.00310. The fraction of sp³-hybridized carbons (Fsp3) is 0.600. The second-order valence-electron chi connectivity index (χ2n) is 6.47. The Hall–Kier alpha value is -0.680. The molecular weight excluding hydrogens is 446 g/mol. The highest BCUT2D eigenvalue weighted by molar-refractivity contribution is 6.48. The van der Waals surface area contributed by atoms with Crippen LogP contribution in [0.5, 0.6) is 5.75 Å². The van der Waals surface area contributed by atoms with Crippen LogP contribution in [0, 0.1) is 0 Å². The topological polar surface area (TPSA) is 52.6 Å². The summed E-state index contributed by atoms with van der Waals surface area (Å²) in [6.07, 6.45) is 8.06. The van der Waals surface area contributed by atoms with Crippen molar-refractivity contribution in [1.29, 1.82) is 0 Å². The van der Waals surface area contributed by atoms with Gasteiger partial charge in [0, 0.05) is 12.8 Å². The maximum Gasteiger partial charge on any atom is 0.311 e. The largest absolute Gasteiger partial charge is 0.466 e. The molecule has 0 atom stereocenters. The summed E-state index contributed by atoms with van der Waals surface area (Å²) in [5.74, 6) is -0.553. The van der Waals surface area contributed by atoms with Crippen molar-refractivity contribution in [2.24, 2.45) is 0 Å². The number of esters is 2. The maximum atomic E-state index is 12.0. The molecule has 0 aliphatic carbocycles. The van der Waals surface area contributed by atoms with Crippen molar-refractivity contribution in [2.75, 3.05) is 6.61 Å². The zero-order chi connectivity index (χ0) is 20.9. The van der Waals surface area contributed by atoms with Crippen molar-refractivity contribution in [3.8, 4) is 5.75 Å². The molecule has 0 aliphatic rings. The van der Waals surface area contributed by atoms with Crippen molar-refractivity contribution < 1.29 is 19.1 Å². The van der Waals surface area contributed by atoms with E-state index in [2.05, 4.69) is 6.92 Å². The average Bonchev–Trinajstić information content (AvgIpc) is 2.66. The number of rotatable bonds is 13. The van der Waals surface area contributed by atoms with Gasteiger partial charge in [0.15, 0.2) is 5.75 Å². The molecule has 0 fully saturated rings. The van der Waals surface area contributed by atoms with Crippen LogP contribution in [-0.2, 0) is 14.3 Å². The van der Waals surface area contributed by atoms with E-state index < -0.39 is 5.97 Å². The first-order valence-corrected chi connectivity index (χ1v) is 11.1. The number of benzene rings is 1. The highest BCUT2D eigenvalue weighted by atomic mass is 35.5. The Balaban J connectivity index is 2.14. The van der Waals surface area contributed by atoms with Crippen molar-refractivity contribution in [3.05, 3.63) is 26.2 Å². The van der Waals surface area contributed by atoms with Crippen molar-refractivity contribution in [2.45, 2.75) is 71.1 Å². The van der Waals surface area contributed by atoms with Crippen LogP contribution >= 0.6 is 46.4 Å². The third kappa shape index (κ3) is 9.69. The minimum Gasteiger partial charge on any atom is -0.466 e. The molecular formula is C20H26Cl4O4. The predicted molar refractivity (Wildman–Crippen MR) is 115 cm³/mol. The predicted octanol–water partition coefficient (Wildman–Crippen LogP) is 7.67. The lowest BCUT2D eigenvalue weighted by molar-refractivity contribution is -0.144. The third-order valence-electron chi connectivity index (χ3n) is 4.06. The Morgan fingerprint density at radius 3 is 1.82 bits per heavy atom. The molecule has 0 unspecified atom stereocenters. The maximum absolute atomic E-state index is 12.0. The van der Waals surface area contributed by atoms with Crippen LogP contribution in [-0.4, -0.2) is 18.5 Å². The molecule has 0 radical (unpaired) electrons. The van der Waals surface area contributed by atoms with Gasteiger partial charge in [0.2, 0.25) is 0 Å². The molecule has 0 saturated heterocycles. The number of carbonyl (C=O) groups excluding carboxylic acids is 2. The zero-order valence-corrected chi connectivity index (χ0v) is 19.0. The molecule has 158 valence electrons. The second kappa shape index (κ2) is 14.3. The monoisotopic (exact) mass is 470 g/mol. The molecule has 0 aliphatic heterocycles. The fourth-order valence-corrected chi connectivity index (χ4v) is 3.32. The third-order valence-corrected chi connectivity index (χ3v) is 5.60. The molecule has 0 saturated carbocycles. The summed E-state index contributed by atoms with van der Waals surface area (Å²) in [6.45, 7) is 2.58. The number of hydrogen-bond acceptors (Lipinski definition) is 4. The molecule has 0 aromatic heterocycles. The molecule has 0 heterocycles. The van der Waals surface area contributed by atoms with Crippen molar-refractivity contribution in [1.82, 2.24) is 0 Å². The molecule has 4 nitrogen and oxygen atoms in total. The van der Waals surface area contributed by atoms with Gasteiger partial charge in [0.05, 0.1) is 16.7 Å². The van der Waals surface area contributed by atoms with Crippen LogP contribution in [0.15, 0.2) is 6.07 Å². The van der Waals surface area contributed by atoms with Crippen LogP contribution in [0.2, 0.25) is 20.1 Å². The van der Waals surface area contributed by atoms with Crippen LogP contribution in [0.4, 0.5) is 0 Å². The fourth-order valence-electron chi connectivity index (χ4n) is 2.45. The second-order valence-corrected chi connectivity index (χ2v) is 8.04. The van der Waals surface area contributed by atoms with Gasteiger partial charge in [-0.25, -0.2) is 0 Å². The Kier molecular flexibility index (Phi) is 13.0. The van der Waals surface area contributed by atoms with Crippen LogP contribution in [0.1, 0.15) is 71.1 Å². The quantitative estimate of drug-likeness (QED) is 0.128. The minimum atomic E-state index is -0.433. The standard InChI is InChI=1S/C20H26Cl4O4/c1-2-3-12-27-16(25)10-8-6-4-5-7-9-11-17(26)28-20-18(23)14(21)13-15(22)19(20)24/h13H,2-12H2,1H3. The summed E-state index contributed by atoms with van der Waals surface area (Å²) in [7, 11) is 0. The number of carbonyl (C=O) groups is 2. The van der Waals surface area contributed by atoms with Gasteiger partial charge in [-0.3, -0.25) is 9.59 Å². The average molecular weight is 472 g/mol. The molecule has 0 bridgehead atoms. The van der Waals surface area contributed by atoms with E-state index in [1.165, 1.54) is 6.07 Å². The lowest BCUT2D eigenvalue weighted by atomic mass is 10.1. The van der Waals surface area contributed by atoms with E-state index in [4.69, 9.17) is 55.9 Å². The summed E-state index contributed by atoms with van der Waals surface area (Å²) >= 11 is 23.9. The van der Waals surface area contributed by atoms with Gasteiger partial charge < -0.3 is 9.47 Å². The van der Waals surface area contributed by atoms with E-state index >= 15 is 0 Å². The Morgan fingerprint density at radius 1 is 0.786 bits per heavy atom. The molecule has 0 spiro atoms. The number of unbranched alkanes of at least 4 members (excludes halogenated alkanes) is 6. The first-order chi connectivity index (χ1) is 13.4. The molecule has 1 aromatic rings. The molecule has 0 amide bonds. The first-order valence-electron chi connectivity index (χ1n) is 9.56. The van der Waals surface area contributed by atoms with Crippen LogP contribution in [0.3, 0.4) is 0 Å². The Bertz CT molecular complexity index is 623. The first kappa shape index (κ1) is 25.4. The Morgan fingerprint density at radius 2 is 1.29 bits per heavy atom. The lowest BCUT2D eigenvalue weighted by Gasteiger charge is -2.10. The van der Waals surface area contributed by atoms with Gasteiger partial charge in [-0.15, -0.1) is 0 Å². The Labute approximate surface area is 186 Å². The molecule has 1 aromatic carbocycles. The smallest absolute Gasteiger partial charge is 0.311 e. The summed E-state index contributed by atoms with van der Waals surface area (Å²) in [5, 5.41) is 0.483. The zero-order valence-electron chi connectivity index (χ0n) is 16.0. The SMILES string of the molecule is CCCCOC(=O)CCCCCCCCC(=O)Oc1c(Cl)c(Cl)cc(Cl)c1Cl. The highest BCUT2D eigenvalue weighted by Crippen LogP contribution is 2.42. The van der Waals surface area contributed by atoms with E-state index in [1.54, 1.807) is 0 Å². The van der Waals surface area contributed by atoms with Gasteiger partial charge >= 0.3 is 11.9 Å². The normalized spacial score (nSPS) is 10.8. The van der Waals surface area contributed by atoms with Gasteiger partial charge in [-0.2, -0.15) is 0 Å². The summed E-state index contributed by atoms with van der Waals surface area (Å²) in [5.41, 5.74) is 0. The summed E-state index contributed by atoms with van der Waals surface area (Å²) in [6, 6.07) is 1.40. The van der Waals surface area contributed by atoms with Crippen LogP contribution in [0.25, 0.3) is 0 Å². The molecule has 0 N–H and O–H groups in total. The van der Waals surface area contributed by atoms with Gasteiger partial charge in [0.1, 0.15) is 10.0 Å².